The highest BCUT2D eigenvalue weighted by atomic mass is 32.1. The van der Waals surface area contributed by atoms with Gasteiger partial charge in [-0.05, 0) is 57.1 Å². The second-order valence-corrected chi connectivity index (χ2v) is 10.0. The van der Waals surface area contributed by atoms with Gasteiger partial charge in [-0.2, -0.15) is 0 Å². The predicted molar refractivity (Wildman–Crippen MR) is 123 cm³/mol. The number of hydrogen-bond acceptors (Lipinski definition) is 7. The SMILES string of the molecule is CC1(C)[C@@H](c2cc3c(Nc4ccc5scnc5c4)ccnc3s2)CCN1CCO. The van der Waals surface area contributed by atoms with E-state index in [9.17, 15) is 5.11 Å². The minimum atomic E-state index is 0.0346. The molecule has 1 aromatic carbocycles. The van der Waals surface area contributed by atoms with Crippen LogP contribution in [0.2, 0.25) is 0 Å². The Balaban J connectivity index is 1.48. The third kappa shape index (κ3) is 3.32. The number of thiazole rings is 1. The van der Waals surface area contributed by atoms with Gasteiger partial charge in [0.1, 0.15) is 4.83 Å². The number of aromatic nitrogens is 2. The van der Waals surface area contributed by atoms with Gasteiger partial charge in [0.2, 0.25) is 0 Å². The van der Waals surface area contributed by atoms with E-state index in [0.29, 0.717) is 5.92 Å². The van der Waals surface area contributed by atoms with E-state index in [-0.39, 0.29) is 12.1 Å². The smallest absolute Gasteiger partial charge is 0.125 e. The van der Waals surface area contributed by atoms with Crippen molar-refractivity contribution < 1.29 is 5.11 Å². The van der Waals surface area contributed by atoms with Crippen molar-refractivity contribution in [2.45, 2.75) is 31.7 Å². The Hall–Kier alpha value is -2.06. The lowest BCUT2D eigenvalue weighted by Crippen LogP contribution is -2.42. The van der Waals surface area contributed by atoms with E-state index < -0.39 is 0 Å². The van der Waals surface area contributed by atoms with E-state index in [1.807, 2.05) is 17.8 Å². The molecule has 0 amide bonds. The maximum Gasteiger partial charge on any atom is 0.125 e. The average molecular weight is 425 g/mol. The Morgan fingerprint density at radius 1 is 1.24 bits per heavy atom. The van der Waals surface area contributed by atoms with E-state index in [1.54, 1.807) is 22.7 Å². The van der Waals surface area contributed by atoms with Crippen LogP contribution in [0.4, 0.5) is 11.4 Å². The molecular weight excluding hydrogens is 400 g/mol. The first kappa shape index (κ1) is 18.9. The summed E-state index contributed by atoms with van der Waals surface area (Å²) in [6, 6.07) is 10.7. The van der Waals surface area contributed by atoms with Crippen molar-refractivity contribution >= 4 is 54.5 Å². The molecule has 1 aliphatic heterocycles. The highest BCUT2D eigenvalue weighted by Gasteiger charge is 2.42. The lowest BCUT2D eigenvalue weighted by atomic mass is 9.87. The number of nitrogens with zero attached hydrogens (tertiary/aromatic N) is 3. The third-order valence-corrected chi connectivity index (χ3v) is 8.10. The summed E-state index contributed by atoms with van der Waals surface area (Å²) in [5.74, 6) is 0.451. The molecule has 0 saturated carbocycles. The summed E-state index contributed by atoms with van der Waals surface area (Å²) in [6.45, 7) is 6.56. The van der Waals surface area contributed by atoms with Crippen molar-refractivity contribution in [2.75, 3.05) is 25.0 Å². The van der Waals surface area contributed by atoms with Crippen LogP contribution in [0.1, 0.15) is 31.1 Å². The number of aliphatic hydroxyl groups excluding tert-OH is 1. The standard InChI is InChI=1S/C22H24N4OS2/c1-22(2)16(6-8-26(22)9-10-27)20-12-15-17(5-7-23-21(15)29-20)25-14-3-4-19-18(11-14)24-13-28-19/h3-5,7,11-13,16,27H,6,8-10H2,1-2H3,(H,23,25)/t16-/m1/s1. The quantitative estimate of drug-likeness (QED) is 0.460. The van der Waals surface area contributed by atoms with Crippen LogP contribution in [-0.4, -0.2) is 45.2 Å². The summed E-state index contributed by atoms with van der Waals surface area (Å²) in [5, 5.41) is 14.1. The van der Waals surface area contributed by atoms with Crippen LogP contribution in [0.25, 0.3) is 20.4 Å². The lowest BCUT2D eigenvalue weighted by Gasteiger charge is -2.35. The predicted octanol–water partition coefficient (Wildman–Crippen LogP) is 5.21. The van der Waals surface area contributed by atoms with Gasteiger partial charge >= 0.3 is 0 Å². The summed E-state index contributed by atoms with van der Waals surface area (Å²) in [6.07, 6.45) is 2.99. The Bertz CT molecular complexity index is 1170. The number of β-amino-alcohol motifs (C(OH)–C–C–N with tert-alkyl or cyclic N) is 1. The fourth-order valence-electron chi connectivity index (χ4n) is 4.49. The maximum absolute atomic E-state index is 9.40. The largest absolute Gasteiger partial charge is 0.395 e. The molecule has 0 spiro atoms. The number of rotatable bonds is 5. The fourth-order valence-corrected chi connectivity index (χ4v) is 6.49. The Kier molecular flexibility index (Phi) is 4.78. The van der Waals surface area contributed by atoms with E-state index in [4.69, 9.17) is 0 Å². The van der Waals surface area contributed by atoms with Crippen LogP contribution in [0.5, 0.6) is 0 Å². The molecule has 150 valence electrons. The maximum atomic E-state index is 9.40. The number of anilines is 2. The number of aliphatic hydroxyl groups is 1. The molecular formula is C22H24N4OS2. The van der Waals surface area contributed by atoms with Crippen molar-refractivity contribution in [3.8, 4) is 0 Å². The zero-order valence-corrected chi connectivity index (χ0v) is 18.2. The van der Waals surface area contributed by atoms with Crippen LogP contribution in [0, 0.1) is 0 Å². The van der Waals surface area contributed by atoms with E-state index in [0.717, 1.165) is 41.2 Å². The number of pyridine rings is 1. The molecule has 2 N–H and O–H groups in total. The summed E-state index contributed by atoms with van der Waals surface area (Å²) in [4.78, 5) is 13.9. The molecule has 1 aliphatic rings. The number of likely N-dealkylation sites (tertiary alicyclic amines) is 1. The molecule has 1 fully saturated rings. The van der Waals surface area contributed by atoms with Gasteiger partial charge in [-0.1, -0.05) is 0 Å². The van der Waals surface area contributed by atoms with Crippen LogP contribution in [-0.2, 0) is 0 Å². The van der Waals surface area contributed by atoms with Gasteiger partial charge in [-0.15, -0.1) is 22.7 Å². The number of benzene rings is 1. The normalized spacial score (nSPS) is 19.3. The molecule has 0 unspecified atom stereocenters. The lowest BCUT2D eigenvalue weighted by molar-refractivity contribution is 0.127. The molecule has 5 rings (SSSR count). The molecule has 29 heavy (non-hydrogen) atoms. The van der Waals surface area contributed by atoms with Gasteiger partial charge in [0.05, 0.1) is 28.0 Å². The highest BCUT2D eigenvalue weighted by Crippen LogP contribution is 2.46. The second-order valence-electron chi connectivity index (χ2n) is 8.09. The third-order valence-electron chi connectivity index (χ3n) is 6.13. The molecule has 5 nitrogen and oxygen atoms in total. The van der Waals surface area contributed by atoms with Gasteiger partial charge in [0, 0.05) is 40.1 Å². The fraction of sp³-hybridized carbons (Fsp3) is 0.364. The van der Waals surface area contributed by atoms with Crippen molar-refractivity contribution in [3.63, 3.8) is 0 Å². The van der Waals surface area contributed by atoms with E-state index in [1.165, 1.54) is 15.0 Å². The minimum absolute atomic E-state index is 0.0346. The first-order valence-electron chi connectivity index (χ1n) is 9.91. The van der Waals surface area contributed by atoms with Crippen molar-refractivity contribution in [1.82, 2.24) is 14.9 Å². The topological polar surface area (TPSA) is 61.3 Å². The zero-order chi connectivity index (χ0) is 20.0. The van der Waals surface area contributed by atoms with Gasteiger partial charge in [-0.3, -0.25) is 4.90 Å². The summed E-state index contributed by atoms with van der Waals surface area (Å²) < 4.78 is 1.20. The molecule has 4 heterocycles. The number of nitrogens with one attached hydrogen (secondary N) is 1. The number of thiophene rings is 1. The minimum Gasteiger partial charge on any atom is -0.395 e. The van der Waals surface area contributed by atoms with E-state index in [2.05, 4.69) is 58.3 Å². The Labute approximate surface area is 178 Å². The molecule has 1 atom stereocenters. The van der Waals surface area contributed by atoms with E-state index >= 15 is 0 Å². The monoisotopic (exact) mass is 424 g/mol. The summed E-state index contributed by atoms with van der Waals surface area (Å²) in [5.41, 5.74) is 5.06. The van der Waals surface area contributed by atoms with Crippen LogP contribution in [0.15, 0.2) is 42.0 Å². The van der Waals surface area contributed by atoms with Gasteiger partial charge in [-0.25, -0.2) is 9.97 Å². The molecule has 0 aliphatic carbocycles. The van der Waals surface area contributed by atoms with Crippen molar-refractivity contribution in [3.05, 3.63) is 46.9 Å². The molecule has 0 radical (unpaired) electrons. The van der Waals surface area contributed by atoms with Crippen LogP contribution < -0.4 is 5.32 Å². The Morgan fingerprint density at radius 3 is 3.00 bits per heavy atom. The second kappa shape index (κ2) is 7.32. The average Bonchev–Trinajstić information content (AvgIpc) is 3.39. The zero-order valence-electron chi connectivity index (χ0n) is 16.6. The van der Waals surface area contributed by atoms with Crippen LogP contribution >= 0.6 is 22.7 Å². The summed E-state index contributed by atoms with van der Waals surface area (Å²) >= 11 is 3.45. The number of hydrogen-bond donors (Lipinski definition) is 2. The molecule has 0 bridgehead atoms. The van der Waals surface area contributed by atoms with Crippen molar-refractivity contribution in [2.24, 2.45) is 0 Å². The van der Waals surface area contributed by atoms with Crippen LogP contribution in [0.3, 0.4) is 0 Å². The van der Waals surface area contributed by atoms with Gasteiger partial charge < -0.3 is 10.4 Å². The van der Waals surface area contributed by atoms with Gasteiger partial charge in [0.15, 0.2) is 0 Å². The highest BCUT2D eigenvalue weighted by molar-refractivity contribution is 7.18. The Morgan fingerprint density at radius 2 is 2.14 bits per heavy atom. The molecule has 4 aromatic rings. The number of fused-ring (bicyclic) bond motifs is 2. The first-order chi connectivity index (χ1) is 14.1. The first-order valence-corrected chi connectivity index (χ1v) is 11.6. The van der Waals surface area contributed by atoms with Crippen molar-refractivity contribution in [1.29, 1.82) is 0 Å². The summed E-state index contributed by atoms with van der Waals surface area (Å²) in [7, 11) is 0. The molecule has 7 heteroatoms. The molecule has 1 saturated heterocycles. The van der Waals surface area contributed by atoms with Gasteiger partial charge in [0.25, 0.3) is 0 Å². The molecule has 3 aromatic heterocycles.